The van der Waals surface area contributed by atoms with Gasteiger partial charge in [-0.05, 0) is 18.9 Å². The molecule has 1 atom stereocenters. The Morgan fingerprint density at radius 2 is 2.30 bits per heavy atom. The van der Waals surface area contributed by atoms with Crippen LogP contribution in [-0.4, -0.2) is 34.0 Å². The zero-order valence-electron chi connectivity index (χ0n) is 10.9. The zero-order chi connectivity index (χ0) is 14.1. The van der Waals surface area contributed by atoms with Crippen molar-refractivity contribution in [2.75, 3.05) is 18.0 Å². The van der Waals surface area contributed by atoms with Crippen LogP contribution in [0.5, 0.6) is 0 Å². The first kappa shape index (κ1) is 12.7. The second-order valence-electron chi connectivity index (χ2n) is 4.88. The second kappa shape index (κ2) is 5.01. The third kappa shape index (κ3) is 2.16. The van der Waals surface area contributed by atoms with Gasteiger partial charge in [0.05, 0.1) is 22.2 Å². The Labute approximate surface area is 115 Å². The van der Waals surface area contributed by atoms with Crippen LogP contribution in [0.25, 0.3) is 11.0 Å². The molecule has 1 fully saturated rings. The molecule has 0 aliphatic carbocycles. The summed E-state index contributed by atoms with van der Waals surface area (Å²) < 4.78 is 0. The van der Waals surface area contributed by atoms with Gasteiger partial charge in [0.15, 0.2) is 0 Å². The van der Waals surface area contributed by atoms with E-state index in [-0.39, 0.29) is 5.69 Å². The highest BCUT2D eigenvalue weighted by Gasteiger charge is 2.24. The first-order chi connectivity index (χ1) is 9.69. The van der Waals surface area contributed by atoms with Crippen molar-refractivity contribution in [1.82, 2.24) is 9.97 Å². The lowest BCUT2D eigenvalue weighted by molar-refractivity contribution is -0.384. The smallest absolute Gasteiger partial charge is 0.271 e. The number of nitro benzene ring substituents is 1. The first-order valence-corrected chi connectivity index (χ1v) is 6.57. The van der Waals surface area contributed by atoms with Crippen molar-refractivity contribution in [2.45, 2.75) is 18.9 Å². The number of nitro groups is 1. The van der Waals surface area contributed by atoms with E-state index in [1.807, 2.05) is 0 Å². The molecule has 0 radical (unpaired) electrons. The predicted octanol–water partition coefficient (Wildman–Crippen LogP) is 1.47. The molecule has 1 saturated heterocycles. The van der Waals surface area contributed by atoms with Crippen LogP contribution in [0, 0.1) is 10.1 Å². The Balaban J connectivity index is 1.99. The summed E-state index contributed by atoms with van der Waals surface area (Å²) in [5.74, 6) is 0.791. The maximum absolute atomic E-state index is 10.7. The lowest BCUT2D eigenvalue weighted by atomic mass is 10.2. The Bertz CT molecular complexity index is 660. The standard InChI is InChI=1S/C13H15N5O2/c14-7-10-2-1-5-17(10)13-8-15-12-6-9(18(19)20)3-4-11(12)16-13/h3-4,6,8,10H,1-2,5,7,14H2/t10-/m0/s1. The van der Waals surface area contributed by atoms with Gasteiger partial charge in [0, 0.05) is 31.3 Å². The van der Waals surface area contributed by atoms with E-state index in [0.717, 1.165) is 25.2 Å². The van der Waals surface area contributed by atoms with Crippen LogP contribution in [-0.2, 0) is 0 Å². The third-order valence-electron chi connectivity index (χ3n) is 3.67. The number of non-ortho nitro benzene ring substituents is 1. The SMILES string of the molecule is NC[C@@H]1CCCN1c1cnc2cc([N+](=O)[O-])ccc2n1. The number of benzene rings is 1. The van der Waals surface area contributed by atoms with Crippen LogP contribution in [0.2, 0.25) is 0 Å². The van der Waals surface area contributed by atoms with Gasteiger partial charge in [-0.25, -0.2) is 4.98 Å². The molecule has 2 aromatic rings. The van der Waals surface area contributed by atoms with Crippen molar-refractivity contribution < 1.29 is 4.92 Å². The van der Waals surface area contributed by atoms with E-state index in [9.17, 15) is 10.1 Å². The fourth-order valence-corrected chi connectivity index (χ4v) is 2.62. The minimum atomic E-state index is -0.431. The van der Waals surface area contributed by atoms with Gasteiger partial charge in [0.2, 0.25) is 0 Å². The summed E-state index contributed by atoms with van der Waals surface area (Å²) in [5, 5.41) is 10.7. The summed E-state index contributed by atoms with van der Waals surface area (Å²) in [6.45, 7) is 1.52. The summed E-state index contributed by atoms with van der Waals surface area (Å²) in [6, 6.07) is 4.83. The molecule has 7 nitrogen and oxygen atoms in total. The highest BCUT2D eigenvalue weighted by atomic mass is 16.6. The molecule has 0 amide bonds. The molecule has 1 aromatic carbocycles. The van der Waals surface area contributed by atoms with E-state index in [4.69, 9.17) is 5.73 Å². The first-order valence-electron chi connectivity index (χ1n) is 6.57. The summed E-state index contributed by atoms with van der Waals surface area (Å²) >= 11 is 0. The number of hydrogen-bond donors (Lipinski definition) is 1. The summed E-state index contributed by atoms with van der Waals surface area (Å²) in [7, 11) is 0. The van der Waals surface area contributed by atoms with Crippen LogP contribution in [0.3, 0.4) is 0 Å². The normalized spacial score (nSPS) is 18.6. The molecular formula is C13H15N5O2. The minimum absolute atomic E-state index is 0.0283. The Hall–Kier alpha value is -2.28. The number of nitrogens with two attached hydrogens (primary N) is 1. The molecule has 0 unspecified atom stereocenters. The van der Waals surface area contributed by atoms with Gasteiger partial charge in [0.1, 0.15) is 5.82 Å². The highest BCUT2D eigenvalue weighted by Crippen LogP contribution is 2.25. The number of aromatic nitrogens is 2. The van der Waals surface area contributed by atoms with Gasteiger partial charge < -0.3 is 10.6 Å². The van der Waals surface area contributed by atoms with Crippen molar-refractivity contribution in [3.05, 3.63) is 34.5 Å². The molecule has 0 saturated carbocycles. The second-order valence-corrected chi connectivity index (χ2v) is 4.88. The molecule has 104 valence electrons. The van der Waals surface area contributed by atoms with Crippen molar-refractivity contribution >= 4 is 22.5 Å². The molecule has 20 heavy (non-hydrogen) atoms. The molecule has 1 aromatic heterocycles. The van der Waals surface area contributed by atoms with Gasteiger partial charge in [-0.15, -0.1) is 0 Å². The summed E-state index contributed by atoms with van der Waals surface area (Å²) in [4.78, 5) is 21.3. The van der Waals surface area contributed by atoms with Crippen LogP contribution in [0.1, 0.15) is 12.8 Å². The lowest BCUT2D eigenvalue weighted by Gasteiger charge is -2.24. The Kier molecular flexibility index (Phi) is 3.19. The van der Waals surface area contributed by atoms with Crippen molar-refractivity contribution in [3.63, 3.8) is 0 Å². The van der Waals surface area contributed by atoms with Crippen LogP contribution < -0.4 is 10.6 Å². The van der Waals surface area contributed by atoms with Crippen LogP contribution in [0.4, 0.5) is 11.5 Å². The molecule has 2 N–H and O–H groups in total. The molecule has 7 heteroatoms. The van der Waals surface area contributed by atoms with Crippen molar-refractivity contribution in [3.8, 4) is 0 Å². The average Bonchev–Trinajstić information content (AvgIpc) is 2.94. The lowest BCUT2D eigenvalue weighted by Crippen LogP contribution is -2.35. The highest BCUT2D eigenvalue weighted by molar-refractivity contribution is 5.78. The van der Waals surface area contributed by atoms with E-state index < -0.39 is 4.92 Å². The predicted molar refractivity (Wildman–Crippen MR) is 75.6 cm³/mol. The van der Waals surface area contributed by atoms with Gasteiger partial charge >= 0.3 is 0 Å². The van der Waals surface area contributed by atoms with Gasteiger partial charge in [0.25, 0.3) is 5.69 Å². The number of nitrogens with zero attached hydrogens (tertiary/aromatic N) is 4. The molecule has 2 heterocycles. The monoisotopic (exact) mass is 273 g/mol. The summed E-state index contributed by atoms with van der Waals surface area (Å²) in [5.41, 5.74) is 6.99. The van der Waals surface area contributed by atoms with Gasteiger partial charge in [-0.3, -0.25) is 15.1 Å². The van der Waals surface area contributed by atoms with Gasteiger partial charge in [-0.2, -0.15) is 0 Å². The molecule has 1 aliphatic heterocycles. The maximum Gasteiger partial charge on any atom is 0.271 e. The number of fused-ring (bicyclic) bond motifs is 1. The van der Waals surface area contributed by atoms with E-state index in [1.54, 1.807) is 12.3 Å². The minimum Gasteiger partial charge on any atom is -0.351 e. The third-order valence-corrected chi connectivity index (χ3v) is 3.67. The number of rotatable bonds is 3. The topological polar surface area (TPSA) is 98.2 Å². The number of anilines is 1. The fourth-order valence-electron chi connectivity index (χ4n) is 2.62. The summed E-state index contributed by atoms with van der Waals surface area (Å²) in [6.07, 6.45) is 3.83. The zero-order valence-corrected chi connectivity index (χ0v) is 10.9. The number of hydrogen-bond acceptors (Lipinski definition) is 6. The van der Waals surface area contributed by atoms with E-state index >= 15 is 0 Å². The van der Waals surface area contributed by atoms with E-state index in [0.29, 0.717) is 23.6 Å². The quantitative estimate of drug-likeness (QED) is 0.671. The Morgan fingerprint density at radius 3 is 3.05 bits per heavy atom. The van der Waals surface area contributed by atoms with E-state index in [2.05, 4.69) is 14.9 Å². The van der Waals surface area contributed by atoms with Crippen LogP contribution in [0.15, 0.2) is 24.4 Å². The van der Waals surface area contributed by atoms with Gasteiger partial charge in [-0.1, -0.05) is 0 Å². The molecule has 0 bridgehead atoms. The maximum atomic E-state index is 10.7. The molecule has 3 rings (SSSR count). The van der Waals surface area contributed by atoms with E-state index in [1.165, 1.54) is 12.1 Å². The van der Waals surface area contributed by atoms with Crippen LogP contribution >= 0.6 is 0 Å². The molecule has 0 spiro atoms. The molecular weight excluding hydrogens is 258 g/mol. The average molecular weight is 273 g/mol. The Morgan fingerprint density at radius 1 is 1.45 bits per heavy atom. The fraction of sp³-hybridized carbons (Fsp3) is 0.385. The largest absolute Gasteiger partial charge is 0.351 e. The molecule has 1 aliphatic rings. The van der Waals surface area contributed by atoms with Crippen molar-refractivity contribution in [2.24, 2.45) is 5.73 Å². The van der Waals surface area contributed by atoms with Crippen molar-refractivity contribution in [1.29, 1.82) is 0 Å².